The first-order valence-corrected chi connectivity index (χ1v) is 6.68. The maximum Gasteiger partial charge on any atom is 0.302 e. The van der Waals surface area contributed by atoms with Crippen LogP contribution in [0, 0.1) is 5.41 Å². The van der Waals surface area contributed by atoms with Crippen molar-refractivity contribution in [2.24, 2.45) is 5.41 Å². The summed E-state index contributed by atoms with van der Waals surface area (Å²) >= 11 is 0. The van der Waals surface area contributed by atoms with E-state index in [9.17, 15) is 4.79 Å². The maximum atomic E-state index is 11.1. The van der Waals surface area contributed by atoms with E-state index in [2.05, 4.69) is 39.5 Å². The summed E-state index contributed by atoms with van der Waals surface area (Å²) in [6.07, 6.45) is 2.18. The van der Waals surface area contributed by atoms with Gasteiger partial charge in [-0.2, -0.15) is 0 Å². The van der Waals surface area contributed by atoms with Gasteiger partial charge in [-0.25, -0.2) is 0 Å². The fourth-order valence-electron chi connectivity index (χ4n) is 2.71. The van der Waals surface area contributed by atoms with Crippen molar-refractivity contribution < 1.29 is 9.53 Å². The van der Waals surface area contributed by atoms with Gasteiger partial charge in [0.15, 0.2) is 0 Å². The van der Waals surface area contributed by atoms with Gasteiger partial charge in [-0.1, -0.05) is 27.7 Å². The zero-order valence-corrected chi connectivity index (χ0v) is 12.1. The summed E-state index contributed by atoms with van der Waals surface area (Å²) in [7, 11) is 0. The van der Waals surface area contributed by atoms with Gasteiger partial charge in [-0.3, -0.25) is 9.69 Å². The molecule has 3 heteroatoms. The fourth-order valence-corrected chi connectivity index (χ4v) is 2.71. The van der Waals surface area contributed by atoms with Crippen LogP contribution in [0.15, 0.2) is 0 Å². The Bertz CT molecular complexity index is 270. The number of carbonyl (C=O) groups excluding carboxylic acids is 1. The van der Waals surface area contributed by atoms with Crippen molar-refractivity contribution >= 4 is 5.97 Å². The predicted octanol–water partition coefficient (Wildman–Crippen LogP) is 2.84. The molecule has 1 aliphatic rings. The van der Waals surface area contributed by atoms with Crippen LogP contribution in [-0.2, 0) is 9.53 Å². The van der Waals surface area contributed by atoms with Gasteiger partial charge in [-0.15, -0.1) is 0 Å². The minimum absolute atomic E-state index is 0.0747. The molecule has 0 aromatic carbocycles. The van der Waals surface area contributed by atoms with E-state index in [0.717, 1.165) is 19.4 Å². The van der Waals surface area contributed by atoms with Crippen LogP contribution < -0.4 is 0 Å². The molecular weight excluding hydrogens is 214 g/mol. The monoisotopic (exact) mass is 241 g/mol. The van der Waals surface area contributed by atoms with Crippen LogP contribution >= 0.6 is 0 Å². The molecule has 100 valence electrons. The van der Waals surface area contributed by atoms with Gasteiger partial charge in [-0.05, 0) is 18.8 Å². The molecule has 1 saturated heterocycles. The molecule has 0 saturated carbocycles. The van der Waals surface area contributed by atoms with Crippen LogP contribution in [0.4, 0.5) is 0 Å². The molecule has 0 bridgehead atoms. The second kappa shape index (κ2) is 5.38. The topological polar surface area (TPSA) is 29.5 Å². The van der Waals surface area contributed by atoms with E-state index in [-0.39, 0.29) is 17.5 Å². The Kier molecular flexibility index (Phi) is 4.59. The van der Waals surface area contributed by atoms with E-state index in [0.29, 0.717) is 12.1 Å². The second-order valence-electron chi connectivity index (χ2n) is 6.30. The number of hydrogen-bond donors (Lipinski definition) is 0. The van der Waals surface area contributed by atoms with E-state index in [4.69, 9.17) is 4.74 Å². The zero-order chi connectivity index (χ0) is 13.2. The third-order valence-corrected chi connectivity index (χ3v) is 3.79. The second-order valence-corrected chi connectivity index (χ2v) is 6.30. The standard InChI is InChI=1S/C14H27NO2/c1-7-10(2)15-9-12(17-11(3)16)8-13(15)14(4,5)6/h10,12-13H,7-9H2,1-6H3/t10?,12-,13+/m1/s1. The van der Waals surface area contributed by atoms with Gasteiger partial charge in [0.05, 0.1) is 0 Å². The number of rotatable bonds is 3. The lowest BCUT2D eigenvalue weighted by atomic mass is 9.84. The number of esters is 1. The van der Waals surface area contributed by atoms with Gasteiger partial charge in [0.2, 0.25) is 0 Å². The average molecular weight is 241 g/mol. The zero-order valence-electron chi connectivity index (χ0n) is 12.1. The van der Waals surface area contributed by atoms with Crippen LogP contribution in [0.2, 0.25) is 0 Å². The van der Waals surface area contributed by atoms with Crippen molar-refractivity contribution in [3.8, 4) is 0 Å². The Morgan fingerprint density at radius 3 is 2.47 bits per heavy atom. The highest BCUT2D eigenvalue weighted by Crippen LogP contribution is 2.35. The van der Waals surface area contributed by atoms with Gasteiger partial charge in [0.1, 0.15) is 6.10 Å². The average Bonchev–Trinajstić information content (AvgIpc) is 2.59. The minimum atomic E-state index is -0.159. The lowest BCUT2D eigenvalue weighted by molar-refractivity contribution is -0.145. The van der Waals surface area contributed by atoms with E-state index in [1.165, 1.54) is 6.92 Å². The van der Waals surface area contributed by atoms with Gasteiger partial charge >= 0.3 is 5.97 Å². The van der Waals surface area contributed by atoms with E-state index in [1.807, 2.05) is 0 Å². The number of likely N-dealkylation sites (tertiary alicyclic amines) is 1. The van der Waals surface area contributed by atoms with Gasteiger partial charge in [0, 0.05) is 32.0 Å². The van der Waals surface area contributed by atoms with E-state index >= 15 is 0 Å². The molecule has 0 aliphatic carbocycles. The molecular formula is C14H27NO2. The molecule has 1 unspecified atom stereocenters. The number of nitrogens with zero attached hydrogens (tertiary/aromatic N) is 1. The Balaban J connectivity index is 2.76. The minimum Gasteiger partial charge on any atom is -0.461 e. The van der Waals surface area contributed by atoms with E-state index < -0.39 is 0 Å². The van der Waals surface area contributed by atoms with Crippen LogP contribution in [-0.4, -0.2) is 35.6 Å². The summed E-state index contributed by atoms with van der Waals surface area (Å²) in [5, 5.41) is 0. The molecule has 0 amide bonds. The van der Waals surface area contributed by atoms with Crippen molar-refractivity contribution in [1.29, 1.82) is 0 Å². The molecule has 0 N–H and O–H groups in total. The van der Waals surface area contributed by atoms with Crippen molar-refractivity contribution in [1.82, 2.24) is 4.90 Å². The molecule has 1 fully saturated rings. The SMILES string of the molecule is CCC(C)N1C[C@H](OC(C)=O)C[C@H]1C(C)(C)C. The number of hydrogen-bond acceptors (Lipinski definition) is 3. The van der Waals surface area contributed by atoms with Gasteiger partial charge in [0.25, 0.3) is 0 Å². The third kappa shape index (κ3) is 3.70. The third-order valence-electron chi connectivity index (χ3n) is 3.79. The molecule has 1 rings (SSSR count). The van der Waals surface area contributed by atoms with Crippen LogP contribution in [0.3, 0.4) is 0 Å². The Hall–Kier alpha value is -0.570. The quantitative estimate of drug-likeness (QED) is 0.712. The summed E-state index contributed by atoms with van der Waals surface area (Å²) in [6.45, 7) is 13.7. The predicted molar refractivity (Wildman–Crippen MR) is 69.9 cm³/mol. The molecule has 1 heterocycles. The van der Waals surface area contributed by atoms with Crippen LogP contribution in [0.1, 0.15) is 54.4 Å². The summed E-state index contributed by atoms with van der Waals surface area (Å²) in [4.78, 5) is 13.6. The highest BCUT2D eigenvalue weighted by molar-refractivity contribution is 5.66. The highest BCUT2D eigenvalue weighted by atomic mass is 16.5. The molecule has 0 radical (unpaired) electrons. The van der Waals surface area contributed by atoms with Gasteiger partial charge < -0.3 is 4.74 Å². The lowest BCUT2D eigenvalue weighted by Gasteiger charge is -2.38. The molecule has 17 heavy (non-hydrogen) atoms. The molecule has 3 atom stereocenters. The summed E-state index contributed by atoms with van der Waals surface area (Å²) in [6, 6.07) is 1.06. The fraction of sp³-hybridized carbons (Fsp3) is 0.929. The first-order valence-electron chi connectivity index (χ1n) is 6.68. The Morgan fingerprint density at radius 2 is 2.06 bits per heavy atom. The van der Waals surface area contributed by atoms with E-state index in [1.54, 1.807) is 0 Å². The summed E-state index contributed by atoms with van der Waals surface area (Å²) in [5.41, 5.74) is 0.234. The molecule has 0 aromatic rings. The van der Waals surface area contributed by atoms with Crippen LogP contribution in [0.25, 0.3) is 0 Å². The Morgan fingerprint density at radius 1 is 1.47 bits per heavy atom. The van der Waals surface area contributed by atoms with Crippen molar-refractivity contribution in [3.63, 3.8) is 0 Å². The lowest BCUT2D eigenvalue weighted by Crippen LogP contribution is -2.44. The molecule has 0 spiro atoms. The van der Waals surface area contributed by atoms with Crippen molar-refractivity contribution in [2.75, 3.05) is 6.54 Å². The maximum absolute atomic E-state index is 11.1. The van der Waals surface area contributed by atoms with Crippen molar-refractivity contribution in [2.45, 2.75) is 72.6 Å². The van der Waals surface area contributed by atoms with Crippen molar-refractivity contribution in [3.05, 3.63) is 0 Å². The highest BCUT2D eigenvalue weighted by Gasteiger charge is 2.41. The summed E-state index contributed by atoms with van der Waals surface area (Å²) < 4.78 is 5.38. The molecule has 0 aromatic heterocycles. The number of carbonyl (C=O) groups is 1. The summed E-state index contributed by atoms with van der Waals surface area (Å²) in [5.74, 6) is -0.159. The largest absolute Gasteiger partial charge is 0.461 e. The first-order chi connectivity index (χ1) is 7.75. The number of ether oxygens (including phenoxy) is 1. The smallest absolute Gasteiger partial charge is 0.302 e. The molecule has 1 aliphatic heterocycles. The van der Waals surface area contributed by atoms with Crippen LogP contribution in [0.5, 0.6) is 0 Å². The normalized spacial score (nSPS) is 28.1. The first kappa shape index (κ1) is 14.5. The molecule has 3 nitrogen and oxygen atoms in total. The Labute approximate surface area is 106 Å².